The highest BCUT2D eigenvalue weighted by Gasteiger charge is 2.15. The van der Waals surface area contributed by atoms with Gasteiger partial charge in [0.1, 0.15) is 0 Å². The summed E-state index contributed by atoms with van der Waals surface area (Å²) in [5.41, 5.74) is 1.40. The Morgan fingerprint density at radius 3 is 2.72 bits per heavy atom. The lowest BCUT2D eigenvalue weighted by atomic mass is 10.1. The maximum atomic E-state index is 5.90. The Morgan fingerprint density at radius 1 is 1.39 bits per heavy atom. The van der Waals surface area contributed by atoms with Crippen LogP contribution in [0.2, 0.25) is 0 Å². The van der Waals surface area contributed by atoms with Crippen molar-refractivity contribution in [3.8, 4) is 0 Å². The number of rotatable bonds is 8. The average Bonchev–Trinajstić information content (AvgIpc) is 2.79. The van der Waals surface area contributed by atoms with Crippen LogP contribution in [-0.4, -0.2) is 24.8 Å². The first kappa shape index (κ1) is 15.7. The van der Waals surface area contributed by atoms with Crippen LogP contribution >= 0.6 is 11.3 Å². The Balaban J connectivity index is 2.34. The van der Waals surface area contributed by atoms with Crippen LogP contribution in [0.4, 0.5) is 0 Å². The summed E-state index contributed by atoms with van der Waals surface area (Å²) in [5, 5.41) is 7.97. The van der Waals surface area contributed by atoms with E-state index in [-0.39, 0.29) is 5.60 Å². The van der Waals surface area contributed by atoms with E-state index in [0.29, 0.717) is 6.04 Å². The number of thiophene rings is 1. The number of nitrogens with one attached hydrogen (secondary N) is 1. The van der Waals surface area contributed by atoms with Crippen molar-refractivity contribution in [2.45, 2.75) is 58.6 Å². The second kappa shape index (κ2) is 7.93. The monoisotopic (exact) mass is 269 g/mol. The lowest BCUT2D eigenvalue weighted by Gasteiger charge is -2.25. The summed E-state index contributed by atoms with van der Waals surface area (Å²) in [4.78, 5) is 0. The molecule has 3 heteroatoms. The zero-order valence-electron chi connectivity index (χ0n) is 12.2. The normalized spacial score (nSPS) is 13.8. The average molecular weight is 269 g/mol. The third kappa shape index (κ3) is 7.14. The molecule has 0 aliphatic carbocycles. The molecular weight excluding hydrogens is 242 g/mol. The van der Waals surface area contributed by atoms with Gasteiger partial charge in [-0.3, -0.25) is 0 Å². The van der Waals surface area contributed by atoms with Gasteiger partial charge in [0.05, 0.1) is 12.2 Å². The topological polar surface area (TPSA) is 21.3 Å². The molecule has 0 bridgehead atoms. The second-order valence-corrected chi connectivity index (χ2v) is 6.52. The maximum absolute atomic E-state index is 5.90. The fourth-order valence-electron chi connectivity index (χ4n) is 1.72. The molecule has 0 spiro atoms. The van der Waals surface area contributed by atoms with Gasteiger partial charge in [-0.25, -0.2) is 0 Å². The Morgan fingerprint density at radius 2 is 2.17 bits per heavy atom. The quantitative estimate of drug-likeness (QED) is 0.773. The third-order valence-corrected chi connectivity index (χ3v) is 3.49. The minimum atomic E-state index is -0.0471. The van der Waals surface area contributed by atoms with Crippen molar-refractivity contribution in [2.24, 2.45) is 0 Å². The van der Waals surface area contributed by atoms with Gasteiger partial charge in [-0.15, -0.1) is 0 Å². The predicted molar refractivity (Wildman–Crippen MR) is 80.4 cm³/mol. The van der Waals surface area contributed by atoms with E-state index in [0.717, 1.165) is 26.0 Å². The van der Waals surface area contributed by atoms with Crippen LogP contribution in [0.1, 0.15) is 46.1 Å². The lowest BCUT2D eigenvalue weighted by Crippen LogP contribution is -2.37. The van der Waals surface area contributed by atoms with Crippen molar-refractivity contribution in [3.63, 3.8) is 0 Å². The number of aryl methyl sites for hydroxylation is 1. The molecule has 1 aromatic rings. The Bertz CT molecular complexity index is 303. The molecule has 0 radical (unpaired) electrons. The summed E-state index contributed by atoms with van der Waals surface area (Å²) in [6.45, 7) is 10.4. The predicted octanol–water partition coefficient (Wildman–Crippen LogP) is 3.86. The van der Waals surface area contributed by atoms with Crippen LogP contribution in [0.15, 0.2) is 16.8 Å². The first-order valence-electron chi connectivity index (χ1n) is 6.89. The minimum Gasteiger partial charge on any atom is -0.374 e. The molecule has 1 N–H and O–H groups in total. The van der Waals surface area contributed by atoms with Crippen molar-refractivity contribution in [1.29, 1.82) is 0 Å². The van der Waals surface area contributed by atoms with E-state index in [2.05, 4.69) is 49.8 Å². The molecule has 0 saturated heterocycles. The molecule has 1 heterocycles. The molecular formula is C15H27NOS. The van der Waals surface area contributed by atoms with Gasteiger partial charge < -0.3 is 10.1 Å². The Kier molecular flexibility index (Phi) is 6.90. The molecule has 1 unspecified atom stereocenters. The third-order valence-electron chi connectivity index (χ3n) is 2.76. The van der Waals surface area contributed by atoms with E-state index >= 15 is 0 Å². The maximum Gasteiger partial charge on any atom is 0.0626 e. The molecule has 0 aromatic carbocycles. The van der Waals surface area contributed by atoms with E-state index in [4.69, 9.17) is 4.74 Å². The van der Waals surface area contributed by atoms with Gasteiger partial charge in [0.2, 0.25) is 0 Å². The fourth-order valence-corrected chi connectivity index (χ4v) is 2.42. The van der Waals surface area contributed by atoms with Gasteiger partial charge >= 0.3 is 0 Å². The van der Waals surface area contributed by atoms with Crippen LogP contribution in [0.3, 0.4) is 0 Å². The van der Waals surface area contributed by atoms with Gasteiger partial charge in [-0.1, -0.05) is 6.92 Å². The first-order chi connectivity index (χ1) is 8.51. The molecule has 0 amide bonds. The van der Waals surface area contributed by atoms with Crippen LogP contribution in [-0.2, 0) is 11.2 Å². The van der Waals surface area contributed by atoms with Crippen molar-refractivity contribution < 1.29 is 4.74 Å². The highest BCUT2D eigenvalue weighted by atomic mass is 32.1. The molecule has 18 heavy (non-hydrogen) atoms. The molecule has 2 nitrogen and oxygen atoms in total. The Hall–Kier alpha value is -0.380. The zero-order valence-corrected chi connectivity index (χ0v) is 13.0. The van der Waals surface area contributed by atoms with Gasteiger partial charge in [-0.05, 0) is 69.0 Å². The van der Waals surface area contributed by atoms with Crippen molar-refractivity contribution in [1.82, 2.24) is 5.32 Å². The van der Waals surface area contributed by atoms with Crippen LogP contribution in [0, 0.1) is 0 Å². The zero-order chi connectivity index (χ0) is 13.4. The summed E-state index contributed by atoms with van der Waals surface area (Å²) in [6, 6.07) is 2.68. The number of ether oxygens (including phenoxy) is 1. The van der Waals surface area contributed by atoms with Crippen molar-refractivity contribution in [2.75, 3.05) is 13.2 Å². The summed E-state index contributed by atoms with van der Waals surface area (Å²) >= 11 is 1.78. The van der Waals surface area contributed by atoms with E-state index in [1.807, 2.05) is 0 Å². The fraction of sp³-hybridized carbons (Fsp3) is 0.733. The van der Waals surface area contributed by atoms with Crippen LogP contribution < -0.4 is 5.32 Å². The van der Waals surface area contributed by atoms with Crippen LogP contribution in [0.5, 0.6) is 0 Å². The SMILES string of the molecule is CCCNC(CCc1ccsc1)COC(C)(C)C. The second-order valence-electron chi connectivity index (χ2n) is 5.74. The summed E-state index contributed by atoms with van der Waals surface area (Å²) in [7, 11) is 0. The minimum absolute atomic E-state index is 0.0471. The number of hydrogen-bond donors (Lipinski definition) is 1. The molecule has 0 saturated carbocycles. The van der Waals surface area contributed by atoms with E-state index in [1.54, 1.807) is 11.3 Å². The lowest BCUT2D eigenvalue weighted by molar-refractivity contribution is -0.0153. The van der Waals surface area contributed by atoms with E-state index < -0.39 is 0 Å². The van der Waals surface area contributed by atoms with Crippen molar-refractivity contribution in [3.05, 3.63) is 22.4 Å². The molecule has 1 aromatic heterocycles. The highest BCUT2D eigenvalue weighted by molar-refractivity contribution is 7.07. The van der Waals surface area contributed by atoms with Gasteiger partial charge in [0.15, 0.2) is 0 Å². The molecule has 1 atom stereocenters. The van der Waals surface area contributed by atoms with E-state index in [9.17, 15) is 0 Å². The molecule has 0 aliphatic rings. The van der Waals surface area contributed by atoms with Crippen LogP contribution in [0.25, 0.3) is 0 Å². The van der Waals surface area contributed by atoms with Gasteiger partial charge in [-0.2, -0.15) is 11.3 Å². The molecule has 0 aliphatic heterocycles. The van der Waals surface area contributed by atoms with Crippen molar-refractivity contribution >= 4 is 11.3 Å². The largest absolute Gasteiger partial charge is 0.374 e. The highest BCUT2D eigenvalue weighted by Crippen LogP contribution is 2.12. The molecule has 1 rings (SSSR count). The summed E-state index contributed by atoms with van der Waals surface area (Å²) in [5.74, 6) is 0. The molecule has 0 fully saturated rings. The number of hydrogen-bond acceptors (Lipinski definition) is 3. The van der Waals surface area contributed by atoms with Gasteiger partial charge in [0, 0.05) is 6.04 Å². The summed E-state index contributed by atoms with van der Waals surface area (Å²) < 4.78 is 5.90. The van der Waals surface area contributed by atoms with Gasteiger partial charge in [0.25, 0.3) is 0 Å². The van der Waals surface area contributed by atoms with E-state index in [1.165, 1.54) is 12.0 Å². The molecule has 104 valence electrons. The summed E-state index contributed by atoms with van der Waals surface area (Å²) in [6.07, 6.45) is 3.45. The Labute approximate surface area is 116 Å². The smallest absolute Gasteiger partial charge is 0.0626 e. The first-order valence-corrected chi connectivity index (χ1v) is 7.84. The standard InChI is InChI=1S/C15H27NOS/c1-5-9-16-14(11-17-15(2,3)4)7-6-13-8-10-18-12-13/h8,10,12,14,16H,5-7,9,11H2,1-4H3.